The van der Waals surface area contributed by atoms with Crippen LogP contribution in [0.5, 0.6) is 0 Å². The Hall–Kier alpha value is -0.700. The number of carbonyl (C=O) groups is 2. The van der Waals surface area contributed by atoms with Crippen LogP contribution in [0, 0.1) is 40.9 Å². The van der Waals surface area contributed by atoms with Crippen molar-refractivity contribution >= 4 is 11.6 Å². The molecule has 1 N–H and O–H groups in total. The molecular weight excluding hydrogens is 300 g/mol. The summed E-state index contributed by atoms with van der Waals surface area (Å²) in [6.45, 7) is 3.94. The quantitative estimate of drug-likeness (QED) is 0.837. The van der Waals surface area contributed by atoms with Crippen LogP contribution < -0.4 is 0 Å². The molecule has 0 radical (unpaired) electrons. The van der Waals surface area contributed by atoms with E-state index in [2.05, 4.69) is 6.92 Å². The van der Waals surface area contributed by atoms with Crippen molar-refractivity contribution in [1.82, 2.24) is 0 Å². The van der Waals surface area contributed by atoms with Gasteiger partial charge in [0.05, 0.1) is 6.10 Å². The second kappa shape index (κ2) is 5.93. The predicted molar refractivity (Wildman–Crippen MR) is 92.3 cm³/mol. The first-order chi connectivity index (χ1) is 11.5. The molecule has 0 heterocycles. The molecule has 0 spiro atoms. The van der Waals surface area contributed by atoms with E-state index in [4.69, 9.17) is 0 Å². The maximum Gasteiger partial charge on any atom is 0.137 e. The van der Waals surface area contributed by atoms with Crippen LogP contribution in [0.25, 0.3) is 0 Å². The summed E-state index contributed by atoms with van der Waals surface area (Å²) in [5.74, 6) is 3.25. The van der Waals surface area contributed by atoms with E-state index in [1.54, 1.807) is 6.92 Å². The number of fused-ring (bicyclic) bond motifs is 5. The molecule has 0 bridgehead atoms. The van der Waals surface area contributed by atoms with Crippen molar-refractivity contribution in [2.45, 2.75) is 77.7 Å². The molecule has 4 aliphatic carbocycles. The molecule has 0 saturated heterocycles. The number of ketones is 2. The Morgan fingerprint density at radius 2 is 1.88 bits per heavy atom. The standard InChI is InChI=1S/C21H32O3/c1-3-21-11-19(24)20-15-7-5-14(23)10-13(15)4-6-16(20)18(21)9-8-17(21)12(2)22/h13-18,20,23H,3-11H2,1-2H3/t13-,14-,15+,16+,17-,18+,20-,21-/m1/s1. The number of aliphatic hydroxyl groups excluding tert-OH is 1. The van der Waals surface area contributed by atoms with Gasteiger partial charge in [0.25, 0.3) is 0 Å². The lowest BCUT2D eigenvalue weighted by Crippen LogP contribution is -2.54. The molecule has 0 aliphatic heterocycles. The molecule has 4 saturated carbocycles. The minimum Gasteiger partial charge on any atom is -0.393 e. The Balaban J connectivity index is 1.65. The van der Waals surface area contributed by atoms with E-state index in [0.717, 1.165) is 44.9 Å². The SMILES string of the molecule is CC[C@]12CC(=O)[C@H]3[C@@H](CC[C@@H]4C[C@H](O)CC[C@@H]43)[C@@H]1CC[C@@H]2C(C)=O. The maximum atomic E-state index is 13.3. The third kappa shape index (κ3) is 2.26. The Bertz CT molecular complexity index is 541. The summed E-state index contributed by atoms with van der Waals surface area (Å²) in [6.07, 6.45) is 8.74. The summed E-state index contributed by atoms with van der Waals surface area (Å²) in [7, 11) is 0. The molecule has 4 fully saturated rings. The average Bonchev–Trinajstić information content (AvgIpc) is 2.94. The molecule has 0 aromatic heterocycles. The van der Waals surface area contributed by atoms with E-state index in [-0.39, 0.29) is 23.4 Å². The molecule has 0 amide bonds. The minimum absolute atomic E-state index is 0.0366. The number of aliphatic hydroxyl groups is 1. The molecule has 134 valence electrons. The van der Waals surface area contributed by atoms with Crippen molar-refractivity contribution in [2.24, 2.45) is 40.9 Å². The van der Waals surface area contributed by atoms with Crippen LogP contribution in [0.2, 0.25) is 0 Å². The zero-order valence-corrected chi connectivity index (χ0v) is 15.2. The van der Waals surface area contributed by atoms with Crippen molar-refractivity contribution in [3.05, 3.63) is 0 Å². The van der Waals surface area contributed by atoms with Crippen LogP contribution in [-0.2, 0) is 9.59 Å². The molecule has 0 aromatic carbocycles. The molecule has 0 unspecified atom stereocenters. The third-order valence-corrected chi connectivity index (χ3v) is 8.55. The summed E-state index contributed by atoms with van der Waals surface area (Å²) < 4.78 is 0. The molecule has 4 rings (SSSR count). The topological polar surface area (TPSA) is 54.4 Å². The number of carbonyl (C=O) groups excluding carboxylic acids is 2. The van der Waals surface area contributed by atoms with Gasteiger partial charge in [0.15, 0.2) is 0 Å². The van der Waals surface area contributed by atoms with Crippen molar-refractivity contribution < 1.29 is 14.7 Å². The third-order valence-electron chi connectivity index (χ3n) is 8.55. The van der Waals surface area contributed by atoms with E-state index >= 15 is 0 Å². The van der Waals surface area contributed by atoms with Gasteiger partial charge >= 0.3 is 0 Å². The van der Waals surface area contributed by atoms with E-state index in [1.165, 1.54) is 6.42 Å². The molecule has 3 nitrogen and oxygen atoms in total. The fraction of sp³-hybridized carbons (Fsp3) is 0.905. The normalized spacial score (nSPS) is 50.8. The van der Waals surface area contributed by atoms with Crippen LogP contribution in [0.15, 0.2) is 0 Å². The highest BCUT2D eigenvalue weighted by molar-refractivity contribution is 5.86. The Kier molecular flexibility index (Phi) is 4.14. The summed E-state index contributed by atoms with van der Waals surface area (Å²) >= 11 is 0. The van der Waals surface area contributed by atoms with E-state index in [1.807, 2.05) is 0 Å². The molecule has 4 aliphatic rings. The number of rotatable bonds is 2. The van der Waals surface area contributed by atoms with Gasteiger partial charge in [-0.2, -0.15) is 0 Å². The Morgan fingerprint density at radius 3 is 2.58 bits per heavy atom. The first kappa shape index (κ1) is 16.8. The van der Waals surface area contributed by atoms with Gasteiger partial charge in [-0.1, -0.05) is 6.92 Å². The van der Waals surface area contributed by atoms with E-state index < -0.39 is 0 Å². The van der Waals surface area contributed by atoms with Crippen LogP contribution in [0.3, 0.4) is 0 Å². The van der Waals surface area contributed by atoms with Gasteiger partial charge in [0.2, 0.25) is 0 Å². The number of hydrogen-bond donors (Lipinski definition) is 1. The lowest BCUT2D eigenvalue weighted by molar-refractivity contribution is -0.151. The van der Waals surface area contributed by atoms with Gasteiger partial charge in [-0.15, -0.1) is 0 Å². The highest BCUT2D eigenvalue weighted by Crippen LogP contribution is 2.64. The summed E-state index contributed by atoms with van der Waals surface area (Å²) in [4.78, 5) is 25.5. The monoisotopic (exact) mass is 332 g/mol. The fourth-order valence-electron chi connectivity index (χ4n) is 7.66. The summed E-state index contributed by atoms with van der Waals surface area (Å²) in [6, 6.07) is 0. The lowest BCUT2D eigenvalue weighted by Gasteiger charge is -2.55. The summed E-state index contributed by atoms with van der Waals surface area (Å²) in [5, 5.41) is 10.0. The molecule has 0 aromatic rings. The van der Waals surface area contributed by atoms with Crippen LogP contribution in [0.4, 0.5) is 0 Å². The predicted octanol–water partition coefficient (Wildman–Crippen LogP) is 3.77. The van der Waals surface area contributed by atoms with Crippen molar-refractivity contribution in [3.63, 3.8) is 0 Å². The number of hydrogen-bond acceptors (Lipinski definition) is 3. The lowest BCUT2D eigenvalue weighted by atomic mass is 9.48. The largest absolute Gasteiger partial charge is 0.393 e. The highest BCUT2D eigenvalue weighted by Gasteiger charge is 2.61. The van der Waals surface area contributed by atoms with Crippen LogP contribution >= 0.6 is 0 Å². The second-order valence-electron chi connectivity index (χ2n) is 9.23. The summed E-state index contributed by atoms with van der Waals surface area (Å²) in [5.41, 5.74) is -0.0366. The zero-order chi connectivity index (χ0) is 17.1. The van der Waals surface area contributed by atoms with Gasteiger partial charge in [-0.25, -0.2) is 0 Å². The second-order valence-corrected chi connectivity index (χ2v) is 9.23. The van der Waals surface area contributed by atoms with Crippen molar-refractivity contribution in [3.8, 4) is 0 Å². The van der Waals surface area contributed by atoms with Crippen molar-refractivity contribution in [1.29, 1.82) is 0 Å². The molecule has 8 atom stereocenters. The highest BCUT2D eigenvalue weighted by atomic mass is 16.3. The molecule has 24 heavy (non-hydrogen) atoms. The smallest absolute Gasteiger partial charge is 0.137 e. The maximum absolute atomic E-state index is 13.3. The molecule has 3 heteroatoms. The van der Waals surface area contributed by atoms with E-state index in [0.29, 0.717) is 41.7 Å². The van der Waals surface area contributed by atoms with Gasteiger partial charge in [0, 0.05) is 18.3 Å². The van der Waals surface area contributed by atoms with Crippen LogP contribution in [-0.4, -0.2) is 22.8 Å². The van der Waals surface area contributed by atoms with Gasteiger partial charge < -0.3 is 5.11 Å². The molecular formula is C21H32O3. The van der Waals surface area contributed by atoms with Gasteiger partial charge in [-0.05, 0) is 87.4 Å². The van der Waals surface area contributed by atoms with Crippen LogP contribution in [0.1, 0.15) is 71.6 Å². The fourth-order valence-corrected chi connectivity index (χ4v) is 7.66. The Morgan fingerprint density at radius 1 is 1.12 bits per heavy atom. The zero-order valence-electron chi connectivity index (χ0n) is 15.2. The number of Topliss-reactive ketones (excluding diaryl/α,β-unsaturated/α-hetero) is 2. The Labute approximate surface area is 145 Å². The first-order valence-corrected chi connectivity index (χ1v) is 10.2. The van der Waals surface area contributed by atoms with E-state index in [9.17, 15) is 14.7 Å². The van der Waals surface area contributed by atoms with Gasteiger partial charge in [-0.3, -0.25) is 9.59 Å². The average molecular weight is 332 g/mol. The first-order valence-electron chi connectivity index (χ1n) is 10.2. The minimum atomic E-state index is -0.148. The van der Waals surface area contributed by atoms with Gasteiger partial charge in [0.1, 0.15) is 11.6 Å². The van der Waals surface area contributed by atoms with Crippen molar-refractivity contribution in [2.75, 3.05) is 0 Å².